The summed E-state index contributed by atoms with van der Waals surface area (Å²) < 4.78 is 11.5. The number of carbonyl (C=O) groups is 1. The SMILES string of the molecule is CCN1CCN(C(=O)c2ccc(CSc3nc4cc(C)ccc4o3)o2)CC1. The van der Waals surface area contributed by atoms with Crippen molar-refractivity contribution in [1.82, 2.24) is 14.8 Å². The van der Waals surface area contributed by atoms with E-state index in [9.17, 15) is 4.79 Å². The zero-order valence-corrected chi connectivity index (χ0v) is 16.4. The Morgan fingerprint density at radius 3 is 2.74 bits per heavy atom. The quantitative estimate of drug-likeness (QED) is 0.623. The maximum absolute atomic E-state index is 12.6. The number of hydrogen-bond acceptors (Lipinski definition) is 6. The number of piperazine rings is 1. The van der Waals surface area contributed by atoms with Crippen LogP contribution in [0.25, 0.3) is 11.1 Å². The van der Waals surface area contributed by atoms with Gasteiger partial charge in [0.05, 0.1) is 5.75 Å². The molecule has 0 unspecified atom stereocenters. The number of aryl methyl sites for hydroxylation is 1. The molecule has 3 heterocycles. The third kappa shape index (κ3) is 4.04. The summed E-state index contributed by atoms with van der Waals surface area (Å²) in [4.78, 5) is 21.3. The third-order valence-corrected chi connectivity index (χ3v) is 5.69. The second kappa shape index (κ2) is 7.78. The molecule has 7 heteroatoms. The average molecular weight is 385 g/mol. The molecule has 1 saturated heterocycles. The van der Waals surface area contributed by atoms with E-state index < -0.39 is 0 Å². The van der Waals surface area contributed by atoms with Gasteiger partial charge >= 0.3 is 0 Å². The highest BCUT2D eigenvalue weighted by Gasteiger charge is 2.23. The second-order valence-corrected chi connectivity index (χ2v) is 7.66. The Hall–Kier alpha value is -2.25. The Bertz CT molecular complexity index is 941. The summed E-state index contributed by atoms with van der Waals surface area (Å²) in [6, 6.07) is 9.57. The number of thioether (sulfide) groups is 1. The van der Waals surface area contributed by atoms with E-state index in [0.29, 0.717) is 16.7 Å². The van der Waals surface area contributed by atoms with Crippen molar-refractivity contribution in [2.75, 3.05) is 32.7 Å². The lowest BCUT2D eigenvalue weighted by molar-refractivity contribution is 0.0611. The number of likely N-dealkylation sites (N-methyl/N-ethyl adjacent to an activating group) is 1. The molecule has 27 heavy (non-hydrogen) atoms. The first-order valence-corrected chi connectivity index (χ1v) is 10.2. The zero-order valence-electron chi connectivity index (χ0n) is 15.6. The number of furan rings is 1. The molecule has 2 aromatic heterocycles. The lowest BCUT2D eigenvalue weighted by Gasteiger charge is -2.33. The number of benzene rings is 1. The molecule has 1 fully saturated rings. The van der Waals surface area contributed by atoms with E-state index >= 15 is 0 Å². The van der Waals surface area contributed by atoms with Crippen molar-refractivity contribution >= 4 is 28.8 Å². The fourth-order valence-corrected chi connectivity index (χ4v) is 3.94. The standard InChI is InChI=1S/C20H23N3O3S/c1-3-22-8-10-23(11-9-22)19(24)18-7-5-15(25-18)13-27-20-21-16-12-14(2)4-6-17(16)26-20/h4-7,12H,3,8-11,13H2,1-2H3. The normalized spacial score (nSPS) is 15.6. The van der Waals surface area contributed by atoms with Crippen LogP contribution in [0.1, 0.15) is 28.8 Å². The molecular formula is C20H23N3O3S. The molecule has 1 amide bonds. The second-order valence-electron chi connectivity index (χ2n) is 6.73. The van der Waals surface area contributed by atoms with Crippen LogP contribution < -0.4 is 0 Å². The molecule has 3 aromatic rings. The van der Waals surface area contributed by atoms with Gasteiger partial charge in [0.25, 0.3) is 11.1 Å². The summed E-state index contributed by atoms with van der Waals surface area (Å²) in [5.41, 5.74) is 2.80. The first kappa shape index (κ1) is 18.1. The maximum Gasteiger partial charge on any atom is 0.289 e. The van der Waals surface area contributed by atoms with Crippen LogP contribution in [0.5, 0.6) is 0 Å². The van der Waals surface area contributed by atoms with Gasteiger partial charge in [0.15, 0.2) is 11.3 Å². The Balaban J connectivity index is 1.36. The summed E-state index contributed by atoms with van der Waals surface area (Å²) in [6.07, 6.45) is 0. The Morgan fingerprint density at radius 2 is 1.96 bits per heavy atom. The summed E-state index contributed by atoms with van der Waals surface area (Å²) >= 11 is 1.47. The molecule has 0 spiro atoms. The van der Waals surface area contributed by atoms with E-state index in [0.717, 1.165) is 55.1 Å². The fourth-order valence-electron chi connectivity index (χ4n) is 3.20. The largest absolute Gasteiger partial charge is 0.455 e. The number of hydrogen-bond donors (Lipinski definition) is 0. The number of oxazole rings is 1. The summed E-state index contributed by atoms with van der Waals surface area (Å²) in [5, 5.41) is 0.607. The molecule has 6 nitrogen and oxygen atoms in total. The molecule has 4 rings (SSSR count). The number of nitrogens with zero attached hydrogens (tertiary/aromatic N) is 3. The molecule has 142 valence electrons. The molecule has 0 N–H and O–H groups in total. The van der Waals surface area contributed by atoms with Crippen molar-refractivity contribution in [3.05, 3.63) is 47.4 Å². The van der Waals surface area contributed by atoms with Gasteiger partial charge in [-0.2, -0.15) is 0 Å². The van der Waals surface area contributed by atoms with Gasteiger partial charge in [0.1, 0.15) is 11.3 Å². The molecule has 1 aliphatic heterocycles. The molecule has 0 radical (unpaired) electrons. The summed E-state index contributed by atoms with van der Waals surface area (Å²) in [7, 11) is 0. The van der Waals surface area contributed by atoms with Gasteiger partial charge in [-0.05, 0) is 43.3 Å². The number of carbonyl (C=O) groups excluding carboxylic acids is 1. The molecule has 0 atom stereocenters. The lowest BCUT2D eigenvalue weighted by atomic mass is 10.2. The third-order valence-electron chi connectivity index (χ3n) is 4.84. The number of fused-ring (bicyclic) bond motifs is 1. The number of aromatic nitrogens is 1. The van der Waals surface area contributed by atoms with E-state index in [1.807, 2.05) is 36.1 Å². The topological polar surface area (TPSA) is 62.7 Å². The average Bonchev–Trinajstić information content (AvgIpc) is 3.32. The van der Waals surface area contributed by atoms with Gasteiger partial charge in [-0.15, -0.1) is 0 Å². The highest BCUT2D eigenvalue weighted by molar-refractivity contribution is 7.98. The Morgan fingerprint density at radius 1 is 1.15 bits per heavy atom. The number of amides is 1. The Kier molecular flexibility index (Phi) is 5.22. The predicted octanol–water partition coefficient (Wildman–Crippen LogP) is 3.80. The van der Waals surface area contributed by atoms with Crippen molar-refractivity contribution < 1.29 is 13.6 Å². The van der Waals surface area contributed by atoms with E-state index in [-0.39, 0.29) is 5.91 Å². The minimum atomic E-state index is -0.0284. The lowest BCUT2D eigenvalue weighted by Crippen LogP contribution is -2.48. The molecule has 1 aromatic carbocycles. The zero-order chi connectivity index (χ0) is 18.8. The van der Waals surface area contributed by atoms with Gasteiger partial charge < -0.3 is 18.6 Å². The van der Waals surface area contributed by atoms with Crippen molar-refractivity contribution in [2.45, 2.75) is 24.8 Å². The first-order chi connectivity index (χ1) is 13.1. The van der Waals surface area contributed by atoms with Gasteiger partial charge in [-0.1, -0.05) is 24.8 Å². The minimum Gasteiger partial charge on any atom is -0.455 e. The van der Waals surface area contributed by atoms with Gasteiger partial charge in [-0.3, -0.25) is 4.79 Å². The molecular weight excluding hydrogens is 362 g/mol. The Labute approximate surface area is 162 Å². The van der Waals surface area contributed by atoms with Crippen molar-refractivity contribution in [1.29, 1.82) is 0 Å². The van der Waals surface area contributed by atoms with Gasteiger partial charge in [0, 0.05) is 26.2 Å². The summed E-state index contributed by atoms with van der Waals surface area (Å²) in [5.74, 6) is 1.69. The first-order valence-electron chi connectivity index (χ1n) is 9.22. The van der Waals surface area contributed by atoms with Crippen LogP contribution in [0.15, 0.2) is 44.4 Å². The van der Waals surface area contributed by atoms with Crippen LogP contribution in [0.3, 0.4) is 0 Å². The van der Waals surface area contributed by atoms with Crippen LogP contribution in [0.4, 0.5) is 0 Å². The molecule has 0 saturated carbocycles. The molecule has 1 aliphatic rings. The van der Waals surface area contributed by atoms with E-state index in [4.69, 9.17) is 8.83 Å². The van der Waals surface area contributed by atoms with Crippen LogP contribution in [-0.4, -0.2) is 53.4 Å². The van der Waals surface area contributed by atoms with Gasteiger partial charge in [0.2, 0.25) is 0 Å². The smallest absolute Gasteiger partial charge is 0.289 e. The van der Waals surface area contributed by atoms with Crippen LogP contribution in [0.2, 0.25) is 0 Å². The molecule has 0 bridgehead atoms. The van der Waals surface area contributed by atoms with Crippen molar-refractivity contribution in [3.8, 4) is 0 Å². The highest BCUT2D eigenvalue weighted by Crippen LogP contribution is 2.27. The van der Waals surface area contributed by atoms with Crippen molar-refractivity contribution in [3.63, 3.8) is 0 Å². The van der Waals surface area contributed by atoms with Crippen LogP contribution in [-0.2, 0) is 5.75 Å². The maximum atomic E-state index is 12.6. The molecule has 0 aliphatic carbocycles. The van der Waals surface area contributed by atoms with E-state index in [1.54, 1.807) is 6.07 Å². The minimum absolute atomic E-state index is 0.0284. The summed E-state index contributed by atoms with van der Waals surface area (Å²) in [6.45, 7) is 8.54. The van der Waals surface area contributed by atoms with Crippen LogP contribution in [0, 0.1) is 6.92 Å². The van der Waals surface area contributed by atoms with Crippen molar-refractivity contribution in [2.24, 2.45) is 0 Å². The number of rotatable bonds is 5. The predicted molar refractivity (Wildman–Crippen MR) is 105 cm³/mol. The van der Waals surface area contributed by atoms with Gasteiger partial charge in [-0.25, -0.2) is 4.98 Å². The van der Waals surface area contributed by atoms with Crippen LogP contribution >= 0.6 is 11.8 Å². The van der Waals surface area contributed by atoms with E-state index in [1.165, 1.54) is 11.8 Å². The van der Waals surface area contributed by atoms with E-state index in [2.05, 4.69) is 16.8 Å². The fraction of sp³-hybridized carbons (Fsp3) is 0.400. The highest BCUT2D eigenvalue weighted by atomic mass is 32.2. The monoisotopic (exact) mass is 385 g/mol.